The van der Waals surface area contributed by atoms with Crippen molar-refractivity contribution in [2.24, 2.45) is 17.8 Å². The van der Waals surface area contributed by atoms with E-state index in [0.29, 0.717) is 5.92 Å². The summed E-state index contributed by atoms with van der Waals surface area (Å²) in [6.07, 6.45) is 8.05. The SMILES string of the molecule is CCC(CC1CC1)N1C(=O)NC(=O)C(C2CCCC2)C1=O. The lowest BCUT2D eigenvalue weighted by Crippen LogP contribution is -2.62. The van der Waals surface area contributed by atoms with Crippen LogP contribution in [0.4, 0.5) is 4.79 Å². The van der Waals surface area contributed by atoms with Gasteiger partial charge in [0, 0.05) is 6.04 Å². The molecule has 5 heteroatoms. The number of hydrogen-bond donors (Lipinski definition) is 1. The molecule has 4 amide bonds. The Morgan fingerprint density at radius 2 is 1.81 bits per heavy atom. The van der Waals surface area contributed by atoms with Crippen molar-refractivity contribution in [1.29, 1.82) is 0 Å². The maximum atomic E-state index is 12.8. The van der Waals surface area contributed by atoms with Gasteiger partial charge < -0.3 is 0 Å². The number of carbonyl (C=O) groups is 3. The van der Waals surface area contributed by atoms with E-state index in [1.165, 1.54) is 17.7 Å². The van der Waals surface area contributed by atoms with Gasteiger partial charge in [-0.25, -0.2) is 4.79 Å². The monoisotopic (exact) mass is 292 g/mol. The Hall–Kier alpha value is -1.39. The minimum absolute atomic E-state index is 0.0537. The molecule has 21 heavy (non-hydrogen) atoms. The summed E-state index contributed by atoms with van der Waals surface area (Å²) in [5, 5.41) is 2.42. The topological polar surface area (TPSA) is 66.5 Å². The van der Waals surface area contributed by atoms with Crippen LogP contribution in [0.2, 0.25) is 0 Å². The van der Waals surface area contributed by atoms with E-state index in [9.17, 15) is 14.4 Å². The minimum atomic E-state index is -0.640. The third-order valence-corrected chi connectivity index (χ3v) is 5.24. The summed E-state index contributed by atoms with van der Waals surface area (Å²) in [6, 6.07) is -0.561. The first-order valence-electron chi connectivity index (χ1n) is 8.29. The zero-order valence-electron chi connectivity index (χ0n) is 12.6. The predicted molar refractivity (Wildman–Crippen MR) is 77.3 cm³/mol. The lowest BCUT2D eigenvalue weighted by Gasteiger charge is -2.37. The summed E-state index contributed by atoms with van der Waals surface area (Å²) in [7, 11) is 0. The second-order valence-electron chi connectivity index (χ2n) is 6.77. The van der Waals surface area contributed by atoms with Gasteiger partial charge in [-0.05, 0) is 37.5 Å². The molecule has 5 nitrogen and oxygen atoms in total. The van der Waals surface area contributed by atoms with Crippen LogP contribution < -0.4 is 5.32 Å². The number of imide groups is 2. The third kappa shape index (κ3) is 2.83. The molecule has 3 rings (SSSR count). The molecule has 1 aliphatic heterocycles. The van der Waals surface area contributed by atoms with Crippen LogP contribution in [-0.4, -0.2) is 28.8 Å². The van der Waals surface area contributed by atoms with E-state index in [2.05, 4.69) is 5.32 Å². The average molecular weight is 292 g/mol. The Morgan fingerprint density at radius 1 is 1.14 bits per heavy atom. The van der Waals surface area contributed by atoms with Gasteiger partial charge in [0.1, 0.15) is 5.92 Å². The number of nitrogens with one attached hydrogen (secondary N) is 1. The summed E-state index contributed by atoms with van der Waals surface area (Å²) in [5.74, 6) is -0.499. The van der Waals surface area contributed by atoms with Crippen LogP contribution >= 0.6 is 0 Å². The Labute approximate surface area is 125 Å². The molecule has 1 heterocycles. The minimum Gasteiger partial charge on any atom is -0.277 e. The normalized spacial score (nSPS) is 28.9. The van der Waals surface area contributed by atoms with Crippen molar-refractivity contribution in [3.8, 4) is 0 Å². The number of rotatable bonds is 5. The van der Waals surface area contributed by atoms with Gasteiger partial charge in [-0.15, -0.1) is 0 Å². The highest BCUT2D eigenvalue weighted by Gasteiger charge is 2.47. The van der Waals surface area contributed by atoms with Crippen molar-refractivity contribution in [3.63, 3.8) is 0 Å². The molecular formula is C16H24N2O3. The first-order chi connectivity index (χ1) is 10.1. The Morgan fingerprint density at radius 3 is 2.38 bits per heavy atom. The Balaban J connectivity index is 1.78. The first kappa shape index (κ1) is 14.5. The fourth-order valence-corrected chi connectivity index (χ4v) is 3.85. The summed E-state index contributed by atoms with van der Waals surface area (Å²) < 4.78 is 0. The zero-order chi connectivity index (χ0) is 15.0. The molecular weight excluding hydrogens is 268 g/mol. The van der Waals surface area contributed by atoms with Gasteiger partial charge in [0.25, 0.3) is 0 Å². The smallest absolute Gasteiger partial charge is 0.277 e. The van der Waals surface area contributed by atoms with E-state index >= 15 is 0 Å². The molecule has 116 valence electrons. The van der Waals surface area contributed by atoms with Gasteiger partial charge >= 0.3 is 6.03 Å². The molecule has 0 aromatic heterocycles. The summed E-state index contributed by atoms with van der Waals surface area (Å²) in [6.45, 7) is 2.01. The van der Waals surface area contributed by atoms with E-state index in [-0.39, 0.29) is 23.8 Å². The van der Waals surface area contributed by atoms with Crippen molar-refractivity contribution < 1.29 is 14.4 Å². The molecule has 2 unspecified atom stereocenters. The third-order valence-electron chi connectivity index (χ3n) is 5.24. The van der Waals surface area contributed by atoms with Crippen LogP contribution in [0, 0.1) is 17.8 Å². The lowest BCUT2D eigenvalue weighted by atomic mass is 9.86. The van der Waals surface area contributed by atoms with Gasteiger partial charge in [-0.2, -0.15) is 0 Å². The molecule has 2 aliphatic carbocycles. The molecule has 1 N–H and O–H groups in total. The maximum Gasteiger partial charge on any atom is 0.331 e. The fraction of sp³-hybridized carbons (Fsp3) is 0.812. The van der Waals surface area contributed by atoms with Crippen molar-refractivity contribution in [2.75, 3.05) is 0 Å². The molecule has 3 fully saturated rings. The summed E-state index contributed by atoms with van der Waals surface area (Å²) in [4.78, 5) is 38.4. The highest BCUT2D eigenvalue weighted by Crippen LogP contribution is 2.38. The second-order valence-corrected chi connectivity index (χ2v) is 6.77. The number of hydrogen-bond acceptors (Lipinski definition) is 3. The Kier molecular flexibility index (Phi) is 4.00. The van der Waals surface area contributed by atoms with Crippen LogP contribution in [0.5, 0.6) is 0 Å². The molecule has 0 spiro atoms. The van der Waals surface area contributed by atoms with E-state index in [1.54, 1.807) is 0 Å². The summed E-state index contributed by atoms with van der Waals surface area (Å²) >= 11 is 0. The van der Waals surface area contributed by atoms with Crippen molar-refractivity contribution in [3.05, 3.63) is 0 Å². The number of carbonyl (C=O) groups excluding carboxylic acids is 3. The fourth-order valence-electron chi connectivity index (χ4n) is 3.85. The number of nitrogens with zero attached hydrogens (tertiary/aromatic N) is 1. The molecule has 0 radical (unpaired) electrons. The van der Waals surface area contributed by atoms with Crippen LogP contribution in [0.3, 0.4) is 0 Å². The highest BCUT2D eigenvalue weighted by molar-refractivity contribution is 6.16. The predicted octanol–water partition coefficient (Wildman–Crippen LogP) is 2.45. The molecule has 0 bridgehead atoms. The number of amides is 4. The van der Waals surface area contributed by atoms with Crippen LogP contribution in [0.15, 0.2) is 0 Å². The molecule has 3 aliphatic rings. The van der Waals surface area contributed by atoms with Crippen LogP contribution in [0.1, 0.15) is 58.3 Å². The van der Waals surface area contributed by atoms with Gasteiger partial charge in [0.2, 0.25) is 11.8 Å². The van der Waals surface area contributed by atoms with E-state index < -0.39 is 11.9 Å². The van der Waals surface area contributed by atoms with Crippen LogP contribution in [-0.2, 0) is 9.59 Å². The van der Waals surface area contributed by atoms with Gasteiger partial charge in [0.05, 0.1) is 0 Å². The van der Waals surface area contributed by atoms with E-state index in [4.69, 9.17) is 0 Å². The van der Waals surface area contributed by atoms with Gasteiger partial charge in [-0.3, -0.25) is 19.8 Å². The second kappa shape index (κ2) is 5.78. The summed E-state index contributed by atoms with van der Waals surface area (Å²) in [5.41, 5.74) is 0. The van der Waals surface area contributed by atoms with E-state index in [1.807, 2.05) is 6.92 Å². The molecule has 2 atom stereocenters. The number of urea groups is 1. The quantitative estimate of drug-likeness (QED) is 0.791. The average Bonchev–Trinajstić information content (AvgIpc) is 3.10. The zero-order valence-corrected chi connectivity index (χ0v) is 12.6. The lowest BCUT2D eigenvalue weighted by molar-refractivity contribution is -0.146. The van der Waals surface area contributed by atoms with Crippen LogP contribution in [0.25, 0.3) is 0 Å². The Bertz CT molecular complexity index is 452. The van der Waals surface area contributed by atoms with Crippen molar-refractivity contribution in [2.45, 2.75) is 64.3 Å². The largest absolute Gasteiger partial charge is 0.331 e. The number of barbiturate groups is 1. The van der Waals surface area contributed by atoms with E-state index in [0.717, 1.165) is 38.5 Å². The maximum absolute atomic E-state index is 12.8. The van der Waals surface area contributed by atoms with Gasteiger partial charge in [-0.1, -0.05) is 32.6 Å². The molecule has 2 saturated carbocycles. The molecule has 0 aromatic rings. The standard InChI is InChI=1S/C16H24N2O3/c1-2-12(9-10-7-8-10)18-15(20)13(11-5-3-4-6-11)14(19)17-16(18)21/h10-13H,2-9H2,1H3,(H,17,19,21). The highest BCUT2D eigenvalue weighted by atomic mass is 16.2. The molecule has 1 saturated heterocycles. The first-order valence-corrected chi connectivity index (χ1v) is 8.29. The van der Waals surface area contributed by atoms with Crippen molar-refractivity contribution in [1.82, 2.24) is 10.2 Å². The van der Waals surface area contributed by atoms with Crippen molar-refractivity contribution >= 4 is 17.8 Å². The molecule has 0 aromatic carbocycles. The van der Waals surface area contributed by atoms with Gasteiger partial charge in [0.15, 0.2) is 0 Å².